The maximum atomic E-state index is 5.87. The highest BCUT2D eigenvalue weighted by Crippen LogP contribution is 1.98. The van der Waals surface area contributed by atoms with E-state index in [0.29, 0.717) is 0 Å². The van der Waals surface area contributed by atoms with Crippen LogP contribution in [-0.2, 0) is 6.54 Å². The molecule has 1 aromatic heterocycles. The van der Waals surface area contributed by atoms with Gasteiger partial charge >= 0.3 is 0 Å². The van der Waals surface area contributed by atoms with E-state index in [4.69, 9.17) is 11.6 Å². The number of pyridine rings is 1. The van der Waals surface area contributed by atoms with E-state index >= 15 is 0 Å². The lowest BCUT2D eigenvalue weighted by atomic mass is 10.4. The summed E-state index contributed by atoms with van der Waals surface area (Å²) in [4.78, 5) is 0. The minimum atomic E-state index is 0. The van der Waals surface area contributed by atoms with Gasteiger partial charge in [-0.05, 0) is 17.7 Å². The third kappa shape index (κ3) is 3.38. The lowest BCUT2D eigenvalue weighted by Crippen LogP contribution is -3.00. The molecule has 0 unspecified atom stereocenters. The molecule has 0 aliphatic rings. The van der Waals surface area contributed by atoms with Crippen LogP contribution in [0.4, 0.5) is 0 Å². The van der Waals surface area contributed by atoms with Crippen molar-refractivity contribution >= 4 is 11.6 Å². The van der Waals surface area contributed by atoms with Gasteiger partial charge in [0.1, 0.15) is 6.54 Å². The summed E-state index contributed by atoms with van der Waals surface area (Å²) < 4.78 is 2.03. The highest BCUT2D eigenvalue weighted by molar-refractivity contribution is 6.28. The van der Waals surface area contributed by atoms with Crippen LogP contribution < -0.4 is 28.5 Å². The van der Waals surface area contributed by atoms with Gasteiger partial charge in [-0.2, -0.15) is 4.57 Å². The quantitative estimate of drug-likeness (QED) is 0.374. The third-order valence-electron chi connectivity index (χ3n) is 1.35. The topological polar surface area (TPSA) is 3.88 Å². The normalized spacial score (nSPS) is 8.91. The molecule has 1 aromatic rings. The summed E-state index contributed by atoms with van der Waals surface area (Å²) in [6, 6.07) is 5.83. The Balaban J connectivity index is 0.000001000. The zero-order chi connectivity index (χ0) is 7.40. The van der Waals surface area contributed by atoms with E-state index in [9.17, 15) is 0 Å². The number of nitrogens with zero attached hydrogens (tertiary/aromatic N) is 1. The van der Waals surface area contributed by atoms with Gasteiger partial charge in [0.05, 0.1) is 0 Å². The molecule has 1 nitrogen and oxygen atoms in total. The molecule has 0 N–H and O–H groups in total. The van der Waals surface area contributed by atoms with E-state index in [-0.39, 0.29) is 24.0 Å². The van der Waals surface area contributed by atoms with E-state index in [1.54, 1.807) is 0 Å². The molecule has 0 aromatic carbocycles. The molecular formula is C8H11ClIN. The maximum Gasteiger partial charge on any atom is 0.274 e. The first-order valence-corrected chi connectivity index (χ1v) is 3.86. The number of rotatable bonds is 2. The lowest BCUT2D eigenvalue weighted by molar-refractivity contribution is -0.694. The Morgan fingerprint density at radius 2 is 2.18 bits per heavy atom. The molecule has 0 aliphatic carbocycles. The molecule has 1 rings (SSSR count). The molecule has 62 valence electrons. The number of halogens is 2. The van der Waals surface area contributed by atoms with Crippen LogP contribution in [0.3, 0.4) is 0 Å². The molecule has 11 heavy (non-hydrogen) atoms. The minimum Gasteiger partial charge on any atom is -1.00 e. The first-order valence-electron chi connectivity index (χ1n) is 3.48. The minimum absolute atomic E-state index is 0. The molecule has 0 atom stereocenters. The molecule has 0 aliphatic heterocycles. The second kappa shape index (κ2) is 5.77. The van der Waals surface area contributed by atoms with Gasteiger partial charge in [0.2, 0.25) is 0 Å². The summed E-state index contributed by atoms with van der Waals surface area (Å²) in [6.45, 7) is 3.13. The largest absolute Gasteiger partial charge is 1.00 e. The van der Waals surface area contributed by atoms with Crippen molar-refractivity contribution in [3.63, 3.8) is 0 Å². The van der Waals surface area contributed by atoms with Gasteiger partial charge in [-0.1, -0.05) is 6.92 Å². The SMILES string of the molecule is CCC[n+]1ccccc1Cl.[I-]. The Morgan fingerprint density at radius 1 is 1.45 bits per heavy atom. The van der Waals surface area contributed by atoms with Crippen LogP contribution in [0.25, 0.3) is 0 Å². The van der Waals surface area contributed by atoms with Gasteiger partial charge in [0.15, 0.2) is 6.20 Å². The van der Waals surface area contributed by atoms with Crippen LogP contribution in [0.1, 0.15) is 13.3 Å². The van der Waals surface area contributed by atoms with Gasteiger partial charge in [0.25, 0.3) is 5.15 Å². The number of hydrogen-bond donors (Lipinski definition) is 0. The van der Waals surface area contributed by atoms with Crippen molar-refractivity contribution < 1.29 is 28.5 Å². The first-order chi connectivity index (χ1) is 4.84. The van der Waals surface area contributed by atoms with Crippen molar-refractivity contribution in [2.45, 2.75) is 19.9 Å². The smallest absolute Gasteiger partial charge is 0.274 e. The second-order valence-electron chi connectivity index (χ2n) is 2.22. The van der Waals surface area contributed by atoms with Crippen molar-refractivity contribution in [2.24, 2.45) is 0 Å². The van der Waals surface area contributed by atoms with Gasteiger partial charge in [-0.3, -0.25) is 0 Å². The molecule has 1 heterocycles. The Bertz CT molecular complexity index is 215. The monoisotopic (exact) mass is 283 g/mol. The molecular weight excluding hydrogens is 272 g/mol. The van der Waals surface area contributed by atoms with E-state index in [1.807, 2.05) is 29.0 Å². The van der Waals surface area contributed by atoms with Crippen molar-refractivity contribution in [1.82, 2.24) is 0 Å². The molecule has 0 amide bonds. The van der Waals surface area contributed by atoms with E-state index in [1.165, 1.54) is 0 Å². The van der Waals surface area contributed by atoms with Gasteiger partial charge in [0, 0.05) is 18.6 Å². The standard InChI is InChI=1S/C8H11ClN.HI/c1-2-6-10-7-4-3-5-8(10)9;/h3-5,7H,2,6H2,1H3;1H/q+1;/p-1. The second-order valence-corrected chi connectivity index (χ2v) is 2.60. The average Bonchev–Trinajstić information content (AvgIpc) is 1.94. The predicted molar refractivity (Wildman–Crippen MR) is 41.9 cm³/mol. The summed E-state index contributed by atoms with van der Waals surface area (Å²) in [7, 11) is 0. The molecule has 0 radical (unpaired) electrons. The average molecular weight is 284 g/mol. The zero-order valence-corrected chi connectivity index (χ0v) is 9.34. The molecule has 0 saturated heterocycles. The number of aromatic nitrogens is 1. The summed E-state index contributed by atoms with van der Waals surface area (Å²) in [5, 5.41) is 0.810. The first kappa shape index (κ1) is 11.2. The van der Waals surface area contributed by atoms with E-state index in [0.717, 1.165) is 18.1 Å². The highest BCUT2D eigenvalue weighted by Gasteiger charge is 2.02. The Labute approximate surface area is 89.4 Å². The van der Waals surface area contributed by atoms with Crippen LogP contribution >= 0.6 is 11.6 Å². The van der Waals surface area contributed by atoms with Crippen LogP contribution in [-0.4, -0.2) is 0 Å². The third-order valence-corrected chi connectivity index (χ3v) is 1.69. The van der Waals surface area contributed by atoms with Crippen LogP contribution in [0.15, 0.2) is 24.4 Å². The summed E-state index contributed by atoms with van der Waals surface area (Å²) >= 11 is 5.87. The fourth-order valence-corrected chi connectivity index (χ4v) is 1.09. The van der Waals surface area contributed by atoms with E-state index in [2.05, 4.69) is 6.92 Å². The fourth-order valence-electron chi connectivity index (χ4n) is 0.878. The molecule has 0 fully saturated rings. The van der Waals surface area contributed by atoms with Crippen LogP contribution in [0, 0.1) is 0 Å². The summed E-state index contributed by atoms with van der Waals surface area (Å²) in [6.07, 6.45) is 3.11. The van der Waals surface area contributed by atoms with Crippen molar-refractivity contribution in [3.05, 3.63) is 29.5 Å². The van der Waals surface area contributed by atoms with Crippen LogP contribution in [0.2, 0.25) is 5.15 Å². The fraction of sp³-hybridized carbons (Fsp3) is 0.375. The molecule has 0 spiro atoms. The summed E-state index contributed by atoms with van der Waals surface area (Å²) in [5.74, 6) is 0. The predicted octanol–water partition coefficient (Wildman–Crippen LogP) is -0.958. The lowest BCUT2D eigenvalue weighted by Gasteiger charge is -1.93. The van der Waals surface area contributed by atoms with E-state index < -0.39 is 0 Å². The Hall–Kier alpha value is 0.170. The number of aryl methyl sites for hydroxylation is 1. The van der Waals surface area contributed by atoms with Crippen LogP contribution in [0.5, 0.6) is 0 Å². The highest BCUT2D eigenvalue weighted by atomic mass is 127. The van der Waals surface area contributed by atoms with Gasteiger partial charge < -0.3 is 24.0 Å². The van der Waals surface area contributed by atoms with Crippen molar-refractivity contribution in [2.75, 3.05) is 0 Å². The molecule has 0 bridgehead atoms. The Kier molecular flexibility index (Phi) is 5.86. The van der Waals surface area contributed by atoms with Gasteiger partial charge in [-0.25, -0.2) is 0 Å². The Morgan fingerprint density at radius 3 is 2.73 bits per heavy atom. The zero-order valence-electron chi connectivity index (χ0n) is 6.43. The van der Waals surface area contributed by atoms with Crippen molar-refractivity contribution in [1.29, 1.82) is 0 Å². The molecule has 0 saturated carbocycles. The van der Waals surface area contributed by atoms with Gasteiger partial charge in [-0.15, -0.1) is 0 Å². The number of hydrogen-bond acceptors (Lipinski definition) is 0. The van der Waals surface area contributed by atoms with Crippen molar-refractivity contribution in [3.8, 4) is 0 Å². The summed E-state index contributed by atoms with van der Waals surface area (Å²) in [5.41, 5.74) is 0. The maximum absolute atomic E-state index is 5.87. The molecule has 3 heteroatoms.